The fourth-order valence-electron chi connectivity index (χ4n) is 2.78. The number of nitrogens with one attached hydrogen (secondary N) is 1. The highest BCUT2D eigenvalue weighted by atomic mass is 16.6. The lowest BCUT2D eigenvalue weighted by atomic mass is 10.0. The van der Waals surface area contributed by atoms with Gasteiger partial charge < -0.3 is 24.7 Å². The van der Waals surface area contributed by atoms with Crippen molar-refractivity contribution in [2.75, 3.05) is 13.7 Å². The van der Waals surface area contributed by atoms with Gasteiger partial charge in [-0.1, -0.05) is 12.1 Å². The maximum absolute atomic E-state index is 12.6. The maximum atomic E-state index is 12.6. The zero-order valence-electron chi connectivity index (χ0n) is 16.3. The van der Waals surface area contributed by atoms with Crippen LogP contribution < -0.4 is 19.9 Å². The van der Waals surface area contributed by atoms with E-state index < -0.39 is 29.3 Å². The lowest BCUT2D eigenvalue weighted by molar-refractivity contribution is -0.385. The van der Waals surface area contributed by atoms with E-state index in [0.717, 1.165) is 6.07 Å². The molecule has 2 aromatic rings. The summed E-state index contributed by atoms with van der Waals surface area (Å²) in [5.74, 6) is -1.15. The fourth-order valence-corrected chi connectivity index (χ4v) is 2.78. The molecule has 0 saturated heterocycles. The van der Waals surface area contributed by atoms with Crippen molar-refractivity contribution >= 4 is 17.6 Å². The number of nitro benzene ring substituents is 1. The van der Waals surface area contributed by atoms with Crippen molar-refractivity contribution in [2.45, 2.75) is 26.3 Å². The van der Waals surface area contributed by atoms with E-state index >= 15 is 0 Å². The number of carbonyl (C=O) groups excluding carboxylic acids is 2. The quantitative estimate of drug-likeness (QED) is 0.502. The summed E-state index contributed by atoms with van der Waals surface area (Å²) in [4.78, 5) is 34.3. The van der Waals surface area contributed by atoms with Gasteiger partial charge >= 0.3 is 0 Å². The minimum absolute atomic E-state index is 0.0450. The van der Waals surface area contributed by atoms with Gasteiger partial charge in [-0.25, -0.2) is 0 Å². The number of carboxylic acid groups (broad SMARTS) is 1. The number of aliphatic carboxylic acids is 1. The third-order valence-electron chi connectivity index (χ3n) is 4.23. The SMILES string of the molecule is CCOc1ccc([C@@H](CC(=O)[O-])NC(=O)c2ccc(C)c([N+](=O)[O-])c2)cc1OC. The van der Waals surface area contributed by atoms with Gasteiger partial charge in [-0.2, -0.15) is 0 Å². The standard InChI is InChI=1S/C20H22N2O7/c1-4-29-17-8-7-13(10-18(17)28-3)15(11-19(23)24)21-20(25)14-6-5-12(2)16(9-14)22(26)27/h5-10,15H,4,11H2,1-3H3,(H,21,25)(H,23,24)/p-1/t15-/m1/s1. The van der Waals surface area contributed by atoms with Gasteiger partial charge in [-0.05, 0) is 37.6 Å². The van der Waals surface area contributed by atoms with E-state index in [1.807, 2.05) is 6.92 Å². The van der Waals surface area contributed by atoms with E-state index in [9.17, 15) is 24.8 Å². The molecule has 0 saturated carbocycles. The van der Waals surface area contributed by atoms with Crippen LogP contribution in [0.15, 0.2) is 36.4 Å². The minimum atomic E-state index is -1.36. The molecule has 0 bridgehead atoms. The lowest BCUT2D eigenvalue weighted by Crippen LogP contribution is -2.34. The monoisotopic (exact) mass is 401 g/mol. The Morgan fingerprint density at radius 3 is 2.48 bits per heavy atom. The molecule has 9 nitrogen and oxygen atoms in total. The first-order valence-corrected chi connectivity index (χ1v) is 8.83. The third kappa shape index (κ3) is 5.44. The summed E-state index contributed by atoms with van der Waals surface area (Å²) in [5, 5.41) is 24.9. The molecule has 0 aromatic heterocycles. The Morgan fingerprint density at radius 1 is 1.17 bits per heavy atom. The van der Waals surface area contributed by atoms with E-state index in [1.165, 1.54) is 19.2 Å². The van der Waals surface area contributed by atoms with Gasteiger partial charge in [0.25, 0.3) is 11.6 Å². The highest BCUT2D eigenvalue weighted by Gasteiger charge is 2.20. The predicted molar refractivity (Wildman–Crippen MR) is 102 cm³/mol. The second-order valence-electron chi connectivity index (χ2n) is 6.20. The van der Waals surface area contributed by atoms with Crippen molar-refractivity contribution in [2.24, 2.45) is 0 Å². The molecular weight excluding hydrogens is 380 g/mol. The van der Waals surface area contributed by atoms with Gasteiger partial charge in [-0.15, -0.1) is 0 Å². The molecule has 0 unspecified atom stereocenters. The predicted octanol–water partition coefficient (Wildman–Crippen LogP) is 1.92. The highest BCUT2D eigenvalue weighted by Crippen LogP contribution is 2.31. The number of amides is 1. The van der Waals surface area contributed by atoms with Crippen molar-refractivity contribution in [3.63, 3.8) is 0 Å². The van der Waals surface area contributed by atoms with Crippen molar-refractivity contribution in [1.82, 2.24) is 5.32 Å². The molecule has 2 aromatic carbocycles. The zero-order valence-corrected chi connectivity index (χ0v) is 16.3. The zero-order chi connectivity index (χ0) is 21.6. The Labute approximate surface area is 167 Å². The second-order valence-corrected chi connectivity index (χ2v) is 6.20. The molecule has 0 aliphatic heterocycles. The van der Waals surface area contributed by atoms with Gasteiger partial charge in [0.2, 0.25) is 0 Å². The van der Waals surface area contributed by atoms with Gasteiger partial charge in [0.05, 0.1) is 24.7 Å². The van der Waals surface area contributed by atoms with Crippen LogP contribution in [-0.4, -0.2) is 30.5 Å². The molecular formula is C20H21N2O7-. The van der Waals surface area contributed by atoms with Gasteiger partial charge in [-0.3, -0.25) is 14.9 Å². The topological polar surface area (TPSA) is 131 Å². The molecule has 154 valence electrons. The van der Waals surface area contributed by atoms with E-state index in [1.54, 1.807) is 25.1 Å². The summed E-state index contributed by atoms with van der Waals surface area (Å²) >= 11 is 0. The molecule has 2 rings (SSSR count). The smallest absolute Gasteiger partial charge is 0.273 e. The Balaban J connectivity index is 2.34. The van der Waals surface area contributed by atoms with Crippen LogP contribution in [0.4, 0.5) is 5.69 Å². The van der Waals surface area contributed by atoms with E-state index in [-0.39, 0.29) is 11.3 Å². The molecule has 9 heteroatoms. The number of carbonyl (C=O) groups is 2. The summed E-state index contributed by atoms with van der Waals surface area (Å²) in [7, 11) is 1.44. The summed E-state index contributed by atoms with van der Waals surface area (Å²) in [5.41, 5.74) is 0.721. The number of nitro groups is 1. The molecule has 1 atom stereocenters. The Bertz CT molecular complexity index is 927. The van der Waals surface area contributed by atoms with Crippen LogP contribution in [0.5, 0.6) is 11.5 Å². The Hall–Kier alpha value is -3.62. The lowest BCUT2D eigenvalue weighted by Gasteiger charge is -2.21. The van der Waals surface area contributed by atoms with Crippen molar-refractivity contribution < 1.29 is 29.1 Å². The molecule has 1 N–H and O–H groups in total. The van der Waals surface area contributed by atoms with Crippen LogP contribution in [0.1, 0.15) is 40.9 Å². The molecule has 29 heavy (non-hydrogen) atoms. The number of ether oxygens (including phenoxy) is 2. The van der Waals surface area contributed by atoms with Gasteiger partial charge in [0.1, 0.15) is 0 Å². The number of aryl methyl sites for hydroxylation is 1. The molecule has 0 aliphatic carbocycles. The highest BCUT2D eigenvalue weighted by molar-refractivity contribution is 5.95. The van der Waals surface area contributed by atoms with E-state index in [0.29, 0.717) is 29.2 Å². The first kappa shape index (κ1) is 21.7. The van der Waals surface area contributed by atoms with Crippen LogP contribution in [0.25, 0.3) is 0 Å². The summed E-state index contributed by atoms with van der Waals surface area (Å²) in [6.07, 6.45) is -0.489. The van der Waals surface area contributed by atoms with Gasteiger partial charge in [0.15, 0.2) is 11.5 Å². The second kappa shape index (κ2) is 9.54. The number of methoxy groups -OCH3 is 1. The van der Waals surface area contributed by atoms with Gasteiger partial charge in [0, 0.05) is 29.6 Å². The largest absolute Gasteiger partial charge is 0.550 e. The van der Waals surface area contributed by atoms with Crippen LogP contribution in [0.2, 0.25) is 0 Å². The number of hydrogen-bond acceptors (Lipinski definition) is 7. The number of hydrogen-bond donors (Lipinski definition) is 1. The minimum Gasteiger partial charge on any atom is -0.550 e. The number of benzene rings is 2. The average Bonchev–Trinajstić information content (AvgIpc) is 2.67. The molecule has 0 fully saturated rings. The van der Waals surface area contributed by atoms with E-state index in [2.05, 4.69) is 5.32 Å². The number of carboxylic acids is 1. The molecule has 0 aliphatic rings. The van der Waals surface area contributed by atoms with Crippen molar-refractivity contribution in [1.29, 1.82) is 0 Å². The number of nitrogens with zero attached hydrogens (tertiary/aromatic N) is 1. The van der Waals surface area contributed by atoms with E-state index in [4.69, 9.17) is 9.47 Å². The molecule has 0 spiro atoms. The fraction of sp³-hybridized carbons (Fsp3) is 0.300. The molecule has 1 amide bonds. The summed E-state index contributed by atoms with van der Waals surface area (Å²) < 4.78 is 10.7. The normalized spacial score (nSPS) is 11.4. The van der Waals surface area contributed by atoms with Crippen molar-refractivity contribution in [3.8, 4) is 11.5 Å². The number of rotatable bonds is 9. The Morgan fingerprint density at radius 2 is 1.90 bits per heavy atom. The first-order valence-electron chi connectivity index (χ1n) is 8.83. The first-order chi connectivity index (χ1) is 13.8. The van der Waals surface area contributed by atoms with Crippen LogP contribution in [-0.2, 0) is 4.79 Å². The van der Waals surface area contributed by atoms with Crippen LogP contribution in [0.3, 0.4) is 0 Å². The Kier molecular flexibility index (Phi) is 7.13. The third-order valence-corrected chi connectivity index (χ3v) is 4.23. The van der Waals surface area contributed by atoms with Crippen LogP contribution in [0, 0.1) is 17.0 Å². The van der Waals surface area contributed by atoms with Crippen molar-refractivity contribution in [3.05, 3.63) is 63.2 Å². The summed E-state index contributed by atoms with van der Waals surface area (Å²) in [6.45, 7) is 3.79. The molecule has 0 heterocycles. The molecule has 0 radical (unpaired) electrons. The average molecular weight is 401 g/mol. The maximum Gasteiger partial charge on any atom is 0.273 e. The summed E-state index contributed by atoms with van der Waals surface area (Å²) in [6, 6.07) is 7.91. The van der Waals surface area contributed by atoms with Crippen LogP contribution >= 0.6 is 0 Å².